The fraction of sp³-hybridized carbons (Fsp3) is 0.529. The van der Waals surface area contributed by atoms with Crippen molar-refractivity contribution in [3.63, 3.8) is 0 Å². The van der Waals surface area contributed by atoms with Crippen LogP contribution < -0.4 is 5.32 Å². The molecule has 0 radical (unpaired) electrons. The molecule has 0 spiro atoms. The molecule has 0 aliphatic rings. The van der Waals surface area contributed by atoms with Crippen LogP contribution in [0, 0.1) is 0 Å². The number of nitrogens with zero attached hydrogens (tertiary/aromatic N) is 2. The Morgan fingerprint density at radius 1 is 1.17 bits per heavy atom. The van der Waals surface area contributed by atoms with Crippen LogP contribution in [0.3, 0.4) is 0 Å². The lowest BCUT2D eigenvalue weighted by Gasteiger charge is -2.18. The maximum atomic E-state index is 12.8. The Hall–Kier alpha value is -1.89. The van der Waals surface area contributed by atoms with Crippen molar-refractivity contribution in [2.45, 2.75) is 58.3 Å². The van der Waals surface area contributed by atoms with E-state index in [1.807, 2.05) is 27.7 Å². The molecule has 0 aliphatic heterocycles. The summed E-state index contributed by atoms with van der Waals surface area (Å²) in [5.41, 5.74) is 0.00384. The van der Waals surface area contributed by atoms with E-state index in [1.165, 1.54) is 12.1 Å². The Morgan fingerprint density at radius 2 is 1.88 bits per heavy atom. The van der Waals surface area contributed by atoms with Crippen LogP contribution in [0.15, 0.2) is 28.8 Å². The van der Waals surface area contributed by atoms with E-state index in [0.29, 0.717) is 23.7 Å². The van der Waals surface area contributed by atoms with E-state index in [0.717, 1.165) is 6.07 Å². The lowest BCUT2D eigenvalue weighted by atomic mass is 10.0. The molecule has 0 fully saturated rings. The van der Waals surface area contributed by atoms with Gasteiger partial charge in [-0.25, -0.2) is 0 Å². The maximum absolute atomic E-state index is 12.8. The molecule has 1 N–H and O–H groups in total. The third-order valence-electron chi connectivity index (χ3n) is 3.67. The van der Waals surface area contributed by atoms with Gasteiger partial charge in [0.05, 0.1) is 11.6 Å². The number of rotatable bonds is 6. The number of aromatic nitrogens is 2. The normalized spacial score (nSPS) is 14.8. The van der Waals surface area contributed by atoms with E-state index in [1.54, 1.807) is 6.07 Å². The van der Waals surface area contributed by atoms with Crippen LogP contribution in [-0.2, 0) is 12.6 Å². The highest BCUT2D eigenvalue weighted by atomic mass is 19.4. The quantitative estimate of drug-likeness (QED) is 0.841. The second kappa shape index (κ2) is 7.34. The average molecular weight is 341 g/mol. The van der Waals surface area contributed by atoms with Gasteiger partial charge in [0.2, 0.25) is 5.89 Å². The lowest BCUT2D eigenvalue weighted by Crippen LogP contribution is -2.31. The summed E-state index contributed by atoms with van der Waals surface area (Å²) in [6.07, 6.45) is -3.85. The predicted octanol–water partition coefficient (Wildman–Crippen LogP) is 4.49. The van der Waals surface area contributed by atoms with Gasteiger partial charge in [0.15, 0.2) is 5.82 Å². The van der Waals surface area contributed by atoms with Crippen molar-refractivity contribution in [2.75, 3.05) is 0 Å². The monoisotopic (exact) mass is 341 g/mol. The van der Waals surface area contributed by atoms with Crippen molar-refractivity contribution in [1.82, 2.24) is 15.5 Å². The Balaban J connectivity index is 1.98. The highest BCUT2D eigenvalue weighted by Crippen LogP contribution is 2.29. The second-order valence-electron chi connectivity index (χ2n) is 6.34. The number of halogens is 3. The number of nitrogens with one attached hydrogen (secondary N) is 1. The van der Waals surface area contributed by atoms with E-state index >= 15 is 0 Å². The van der Waals surface area contributed by atoms with Gasteiger partial charge in [-0.05, 0) is 31.9 Å². The van der Waals surface area contributed by atoms with Gasteiger partial charge in [0.1, 0.15) is 0 Å². The number of benzene rings is 1. The van der Waals surface area contributed by atoms with Gasteiger partial charge in [0, 0.05) is 12.0 Å². The van der Waals surface area contributed by atoms with Crippen LogP contribution >= 0.6 is 0 Å². The Morgan fingerprint density at radius 3 is 2.46 bits per heavy atom. The van der Waals surface area contributed by atoms with Crippen LogP contribution in [0.1, 0.15) is 62.5 Å². The summed E-state index contributed by atoms with van der Waals surface area (Å²) in [5.74, 6) is 1.30. The summed E-state index contributed by atoms with van der Waals surface area (Å²) >= 11 is 0. The largest absolute Gasteiger partial charge is 0.416 e. The molecule has 0 aliphatic carbocycles. The van der Waals surface area contributed by atoms with E-state index in [-0.39, 0.29) is 18.0 Å². The first-order chi connectivity index (χ1) is 11.2. The zero-order valence-corrected chi connectivity index (χ0v) is 14.2. The van der Waals surface area contributed by atoms with Gasteiger partial charge in [-0.1, -0.05) is 37.2 Å². The SMILES string of the molecule is CC(C)c1noc([C@H](C)N[C@H](C)Cc2cccc(C(F)(F)F)c2)n1. The minimum Gasteiger partial charge on any atom is -0.338 e. The van der Waals surface area contributed by atoms with Crippen molar-refractivity contribution < 1.29 is 17.7 Å². The third-order valence-corrected chi connectivity index (χ3v) is 3.67. The van der Waals surface area contributed by atoms with E-state index < -0.39 is 11.7 Å². The summed E-state index contributed by atoms with van der Waals surface area (Å²) in [7, 11) is 0. The smallest absolute Gasteiger partial charge is 0.338 e. The topological polar surface area (TPSA) is 51.0 Å². The van der Waals surface area contributed by atoms with Gasteiger partial charge in [0.25, 0.3) is 0 Å². The van der Waals surface area contributed by atoms with Gasteiger partial charge in [-0.2, -0.15) is 18.2 Å². The van der Waals surface area contributed by atoms with Crippen molar-refractivity contribution >= 4 is 0 Å². The van der Waals surface area contributed by atoms with Gasteiger partial charge >= 0.3 is 6.18 Å². The summed E-state index contributed by atoms with van der Waals surface area (Å²) in [5, 5.41) is 7.19. The van der Waals surface area contributed by atoms with E-state index in [2.05, 4.69) is 15.5 Å². The van der Waals surface area contributed by atoms with Crippen LogP contribution in [0.25, 0.3) is 0 Å². The van der Waals surface area contributed by atoms with Gasteiger partial charge in [-0.3, -0.25) is 0 Å². The fourth-order valence-corrected chi connectivity index (χ4v) is 2.44. The molecule has 2 atom stereocenters. The Kier molecular flexibility index (Phi) is 5.64. The van der Waals surface area contributed by atoms with E-state index in [4.69, 9.17) is 4.52 Å². The van der Waals surface area contributed by atoms with Crippen LogP contribution in [0.4, 0.5) is 13.2 Å². The molecule has 7 heteroatoms. The third kappa shape index (κ3) is 4.80. The predicted molar refractivity (Wildman–Crippen MR) is 84.5 cm³/mol. The first-order valence-corrected chi connectivity index (χ1v) is 7.92. The summed E-state index contributed by atoms with van der Waals surface area (Å²) in [6.45, 7) is 7.75. The standard InChI is InChI=1S/C17H22F3N3O/c1-10(2)15-22-16(24-23-15)12(4)21-11(3)8-13-6-5-7-14(9-13)17(18,19)20/h5-7,9-12,21H,8H2,1-4H3/t11-,12+/m1/s1. The summed E-state index contributed by atoms with van der Waals surface area (Å²) in [6, 6.07) is 5.18. The average Bonchev–Trinajstić information content (AvgIpc) is 2.96. The molecule has 132 valence electrons. The molecule has 2 aromatic rings. The van der Waals surface area contributed by atoms with Gasteiger partial charge in [-0.15, -0.1) is 0 Å². The number of hydrogen-bond acceptors (Lipinski definition) is 4. The highest BCUT2D eigenvalue weighted by molar-refractivity contribution is 5.26. The van der Waals surface area contributed by atoms with Gasteiger partial charge < -0.3 is 9.84 Å². The van der Waals surface area contributed by atoms with Crippen molar-refractivity contribution in [2.24, 2.45) is 0 Å². The van der Waals surface area contributed by atoms with Crippen LogP contribution in [0.5, 0.6) is 0 Å². The molecule has 1 heterocycles. The molecule has 24 heavy (non-hydrogen) atoms. The first-order valence-electron chi connectivity index (χ1n) is 7.92. The second-order valence-corrected chi connectivity index (χ2v) is 6.34. The molecular formula is C17H22F3N3O. The molecule has 0 unspecified atom stereocenters. The van der Waals surface area contributed by atoms with Crippen LogP contribution in [0.2, 0.25) is 0 Å². The first kappa shape index (κ1) is 18.4. The maximum Gasteiger partial charge on any atom is 0.416 e. The van der Waals surface area contributed by atoms with Crippen LogP contribution in [-0.4, -0.2) is 16.2 Å². The molecule has 1 aromatic heterocycles. The number of hydrogen-bond donors (Lipinski definition) is 1. The Labute approximate surface area is 139 Å². The minimum atomic E-state index is -4.32. The summed E-state index contributed by atoms with van der Waals surface area (Å²) in [4.78, 5) is 4.33. The zero-order valence-electron chi connectivity index (χ0n) is 14.2. The molecular weight excluding hydrogens is 319 g/mol. The van der Waals surface area contributed by atoms with E-state index in [9.17, 15) is 13.2 Å². The number of alkyl halides is 3. The summed E-state index contributed by atoms with van der Waals surface area (Å²) < 4.78 is 43.5. The Bertz CT molecular complexity index is 667. The molecule has 1 aromatic carbocycles. The molecule has 0 saturated carbocycles. The minimum absolute atomic E-state index is 0.0436. The molecule has 2 rings (SSSR count). The van der Waals surface area contributed by atoms with Crippen molar-refractivity contribution in [3.05, 3.63) is 47.1 Å². The molecule has 4 nitrogen and oxygen atoms in total. The van der Waals surface area contributed by atoms with Crippen molar-refractivity contribution in [3.8, 4) is 0 Å². The molecule has 0 saturated heterocycles. The molecule has 0 amide bonds. The zero-order chi connectivity index (χ0) is 17.9. The molecule has 0 bridgehead atoms. The lowest BCUT2D eigenvalue weighted by molar-refractivity contribution is -0.137. The van der Waals surface area contributed by atoms with Crippen molar-refractivity contribution in [1.29, 1.82) is 0 Å². The fourth-order valence-electron chi connectivity index (χ4n) is 2.44. The highest BCUT2D eigenvalue weighted by Gasteiger charge is 2.30.